The van der Waals surface area contributed by atoms with E-state index in [0.29, 0.717) is 16.9 Å². The molecular formula is C22H24N2O5. The lowest BCUT2D eigenvalue weighted by Crippen LogP contribution is -2.39. The summed E-state index contributed by atoms with van der Waals surface area (Å²) in [5.74, 6) is 0.910. The Morgan fingerprint density at radius 2 is 2.00 bits per heavy atom. The molecule has 0 spiro atoms. The zero-order chi connectivity index (χ0) is 20.2. The fourth-order valence-electron chi connectivity index (χ4n) is 3.48. The van der Waals surface area contributed by atoms with Crippen molar-refractivity contribution in [1.29, 1.82) is 0 Å². The minimum absolute atomic E-state index is 0.198. The first-order chi connectivity index (χ1) is 14.2. The molecule has 1 fully saturated rings. The van der Waals surface area contributed by atoms with Crippen LogP contribution in [-0.2, 0) is 13.2 Å². The van der Waals surface area contributed by atoms with Crippen LogP contribution in [0.25, 0.3) is 0 Å². The van der Waals surface area contributed by atoms with Crippen molar-refractivity contribution in [2.24, 2.45) is 0 Å². The van der Waals surface area contributed by atoms with E-state index < -0.39 is 6.10 Å². The van der Waals surface area contributed by atoms with Gasteiger partial charge in [0.15, 0.2) is 5.76 Å². The van der Waals surface area contributed by atoms with Crippen molar-refractivity contribution in [1.82, 2.24) is 10.1 Å². The second-order valence-corrected chi connectivity index (χ2v) is 6.98. The van der Waals surface area contributed by atoms with Crippen molar-refractivity contribution in [3.8, 4) is 5.88 Å². The third-order valence-corrected chi connectivity index (χ3v) is 5.19. The average Bonchev–Trinajstić information content (AvgIpc) is 3.36. The Bertz CT molecular complexity index is 945. The van der Waals surface area contributed by atoms with Gasteiger partial charge < -0.3 is 23.9 Å². The summed E-state index contributed by atoms with van der Waals surface area (Å²) in [6.45, 7) is 5.78. The van der Waals surface area contributed by atoms with E-state index in [9.17, 15) is 10.2 Å². The van der Waals surface area contributed by atoms with E-state index in [2.05, 4.69) is 16.6 Å². The van der Waals surface area contributed by atoms with Crippen molar-refractivity contribution >= 4 is 0 Å². The summed E-state index contributed by atoms with van der Waals surface area (Å²) in [5, 5.41) is 24.8. The number of ether oxygens (including phenoxy) is 1. The van der Waals surface area contributed by atoms with E-state index in [1.807, 2.05) is 30.3 Å². The highest BCUT2D eigenvalue weighted by molar-refractivity contribution is 5.40. The molecule has 1 aliphatic rings. The van der Waals surface area contributed by atoms with Crippen LogP contribution < -0.4 is 4.74 Å². The minimum atomic E-state index is -1.19. The number of likely N-dealkylation sites (tertiary alicyclic amines) is 1. The summed E-state index contributed by atoms with van der Waals surface area (Å²) < 4.78 is 17.0. The van der Waals surface area contributed by atoms with Gasteiger partial charge in [0.25, 0.3) is 5.88 Å². The first kappa shape index (κ1) is 19.4. The van der Waals surface area contributed by atoms with Gasteiger partial charge in [0.05, 0.1) is 24.5 Å². The smallest absolute Gasteiger partial charge is 0.261 e. The summed E-state index contributed by atoms with van der Waals surface area (Å²) in [6, 6.07) is 11.1. The summed E-state index contributed by atoms with van der Waals surface area (Å²) in [6.07, 6.45) is 3.11. The van der Waals surface area contributed by atoms with Crippen LogP contribution in [0.2, 0.25) is 0 Å². The molecule has 1 saturated heterocycles. The first-order valence-electron chi connectivity index (χ1n) is 9.61. The zero-order valence-corrected chi connectivity index (χ0v) is 16.0. The number of benzene rings is 1. The summed E-state index contributed by atoms with van der Waals surface area (Å²) in [7, 11) is 0. The second-order valence-electron chi connectivity index (χ2n) is 6.98. The van der Waals surface area contributed by atoms with Crippen molar-refractivity contribution < 1.29 is 23.9 Å². The average molecular weight is 396 g/mol. The third-order valence-electron chi connectivity index (χ3n) is 5.19. The molecule has 4 rings (SSSR count). The van der Waals surface area contributed by atoms with E-state index in [0.717, 1.165) is 25.1 Å². The Labute approximate surface area is 168 Å². The van der Waals surface area contributed by atoms with Gasteiger partial charge in [-0.25, -0.2) is 0 Å². The van der Waals surface area contributed by atoms with Crippen LogP contribution in [0.15, 0.2) is 64.3 Å². The number of aliphatic hydroxyl groups excluding tert-OH is 2. The molecule has 2 atom stereocenters. The summed E-state index contributed by atoms with van der Waals surface area (Å²) >= 11 is 0. The van der Waals surface area contributed by atoms with Crippen LogP contribution in [0.1, 0.15) is 46.8 Å². The predicted molar refractivity (Wildman–Crippen MR) is 105 cm³/mol. The first-order valence-corrected chi connectivity index (χ1v) is 9.61. The van der Waals surface area contributed by atoms with E-state index in [1.54, 1.807) is 12.1 Å². The van der Waals surface area contributed by atoms with Gasteiger partial charge >= 0.3 is 0 Å². The number of aliphatic hydroxyl groups is 2. The number of hydrogen-bond donors (Lipinski definition) is 2. The fourth-order valence-corrected chi connectivity index (χ4v) is 3.48. The lowest BCUT2D eigenvalue weighted by Gasteiger charge is -2.35. The van der Waals surface area contributed by atoms with Crippen molar-refractivity contribution in [3.05, 3.63) is 83.5 Å². The molecule has 1 aromatic carbocycles. The highest BCUT2D eigenvalue weighted by atomic mass is 16.5. The van der Waals surface area contributed by atoms with Gasteiger partial charge in [-0.3, -0.25) is 4.90 Å². The zero-order valence-electron chi connectivity index (χ0n) is 16.0. The number of furan rings is 1. The standard InChI is InChI=1S/C22H24N2O5/c1-2-17(24-10-6-11-24)21-18(19(26)20-16(13-25)9-12-27-20)22(23-29-21)28-14-15-7-4-3-5-8-15/h2-5,7-9,12,17,19,25-26H,1,6,10-11,13-14H2/t17-,19?/m0/s1. The van der Waals surface area contributed by atoms with Crippen LogP contribution in [-0.4, -0.2) is 33.4 Å². The molecule has 0 bridgehead atoms. The van der Waals surface area contributed by atoms with Gasteiger partial charge in [-0.15, -0.1) is 6.58 Å². The van der Waals surface area contributed by atoms with Gasteiger partial charge in [0, 0.05) is 18.7 Å². The Hall–Kier alpha value is -2.87. The van der Waals surface area contributed by atoms with E-state index in [1.165, 1.54) is 6.26 Å². The van der Waals surface area contributed by atoms with Gasteiger partial charge in [-0.2, -0.15) is 0 Å². The second kappa shape index (κ2) is 8.65. The molecule has 1 unspecified atom stereocenters. The number of aromatic nitrogens is 1. The van der Waals surface area contributed by atoms with Crippen LogP contribution in [0.4, 0.5) is 0 Å². The molecule has 0 radical (unpaired) electrons. The highest BCUT2D eigenvalue weighted by Crippen LogP contribution is 2.40. The maximum Gasteiger partial charge on any atom is 0.261 e. The minimum Gasteiger partial charge on any atom is -0.470 e. The SMILES string of the molecule is C=C[C@@H](c1onc(OCc2ccccc2)c1C(O)c1occc1CO)N1CCC1. The molecule has 2 aromatic heterocycles. The van der Waals surface area contributed by atoms with E-state index in [4.69, 9.17) is 13.7 Å². The fraction of sp³-hybridized carbons (Fsp3) is 0.318. The predicted octanol–water partition coefficient (Wildman–Crippen LogP) is 3.35. The lowest BCUT2D eigenvalue weighted by atomic mass is 9.99. The lowest BCUT2D eigenvalue weighted by molar-refractivity contribution is 0.119. The Morgan fingerprint density at radius 3 is 2.66 bits per heavy atom. The van der Waals surface area contributed by atoms with E-state index in [-0.39, 0.29) is 30.9 Å². The largest absolute Gasteiger partial charge is 0.470 e. The summed E-state index contributed by atoms with van der Waals surface area (Å²) in [4.78, 5) is 2.18. The molecule has 7 nitrogen and oxygen atoms in total. The van der Waals surface area contributed by atoms with E-state index >= 15 is 0 Å². The normalized spacial score (nSPS) is 16.2. The number of nitrogens with zero attached hydrogens (tertiary/aromatic N) is 2. The van der Waals surface area contributed by atoms with Gasteiger partial charge in [0.2, 0.25) is 0 Å². The van der Waals surface area contributed by atoms with Crippen molar-refractivity contribution in [2.75, 3.05) is 13.1 Å². The van der Waals surface area contributed by atoms with Crippen molar-refractivity contribution in [2.45, 2.75) is 31.8 Å². The topological polar surface area (TPSA) is 92.1 Å². The van der Waals surface area contributed by atoms with Crippen LogP contribution >= 0.6 is 0 Å². The number of rotatable bonds is 9. The molecule has 7 heteroatoms. The molecule has 29 heavy (non-hydrogen) atoms. The quantitative estimate of drug-likeness (QED) is 0.536. The third kappa shape index (κ3) is 3.85. The van der Waals surface area contributed by atoms with Gasteiger partial charge in [-0.05, 0) is 23.2 Å². The monoisotopic (exact) mass is 396 g/mol. The molecular weight excluding hydrogens is 372 g/mol. The molecule has 0 saturated carbocycles. The molecule has 3 heterocycles. The molecule has 0 amide bonds. The van der Waals surface area contributed by atoms with Crippen LogP contribution in [0, 0.1) is 0 Å². The van der Waals surface area contributed by atoms with Gasteiger partial charge in [-0.1, -0.05) is 36.4 Å². The Morgan fingerprint density at radius 1 is 1.21 bits per heavy atom. The molecule has 152 valence electrons. The molecule has 3 aromatic rings. The van der Waals surface area contributed by atoms with Crippen molar-refractivity contribution in [3.63, 3.8) is 0 Å². The Balaban J connectivity index is 1.69. The van der Waals surface area contributed by atoms with Crippen LogP contribution in [0.3, 0.4) is 0 Å². The molecule has 2 N–H and O–H groups in total. The maximum atomic E-state index is 11.1. The van der Waals surface area contributed by atoms with Gasteiger partial charge in [0.1, 0.15) is 18.5 Å². The maximum absolute atomic E-state index is 11.1. The Kier molecular flexibility index (Phi) is 5.80. The summed E-state index contributed by atoms with van der Waals surface area (Å²) in [5.41, 5.74) is 1.86. The van der Waals surface area contributed by atoms with Crippen LogP contribution in [0.5, 0.6) is 5.88 Å². The molecule has 0 aliphatic carbocycles. The number of hydrogen-bond acceptors (Lipinski definition) is 7. The molecule has 1 aliphatic heterocycles. The highest BCUT2D eigenvalue weighted by Gasteiger charge is 2.35.